The summed E-state index contributed by atoms with van der Waals surface area (Å²) in [7, 11) is 1.62. The molecule has 0 atom stereocenters. The largest absolute Gasteiger partial charge is 0.493 e. The summed E-state index contributed by atoms with van der Waals surface area (Å²) in [6, 6.07) is 6.06. The Morgan fingerprint density at radius 1 is 1.32 bits per heavy atom. The number of thioether (sulfide) groups is 1. The molecule has 1 saturated carbocycles. The molecule has 1 heterocycles. The molecule has 1 aliphatic carbocycles. The topological polar surface area (TPSA) is 59.9 Å². The summed E-state index contributed by atoms with van der Waals surface area (Å²) < 4.78 is 11.1. The molecule has 1 aromatic carbocycles. The normalized spacial score (nSPS) is 21.1. The van der Waals surface area contributed by atoms with Crippen molar-refractivity contribution in [1.29, 1.82) is 0 Å². The first-order valence-corrected chi connectivity index (χ1v) is 9.60. The minimum atomic E-state index is -0.0907. The van der Waals surface area contributed by atoms with Crippen LogP contribution in [0.4, 0.5) is 0 Å². The predicted octanol–water partition coefficient (Wildman–Crippen LogP) is 3.99. The predicted molar refractivity (Wildman–Crippen MR) is 102 cm³/mol. The highest BCUT2D eigenvalue weighted by Crippen LogP contribution is 2.32. The smallest absolute Gasteiger partial charge is 0.264 e. The lowest BCUT2D eigenvalue weighted by Crippen LogP contribution is -2.21. The highest BCUT2D eigenvalue weighted by Gasteiger charge is 2.25. The van der Waals surface area contributed by atoms with Gasteiger partial charge in [-0.3, -0.25) is 9.79 Å². The fourth-order valence-electron chi connectivity index (χ4n) is 2.94. The lowest BCUT2D eigenvalue weighted by molar-refractivity contribution is -0.115. The number of nitrogens with zero attached hydrogens (tertiary/aromatic N) is 1. The van der Waals surface area contributed by atoms with Crippen molar-refractivity contribution in [3.63, 3.8) is 0 Å². The Morgan fingerprint density at radius 2 is 2.12 bits per heavy atom. The van der Waals surface area contributed by atoms with Crippen LogP contribution in [-0.4, -0.2) is 30.8 Å². The Labute approximate surface area is 152 Å². The number of ether oxygens (including phenoxy) is 2. The second-order valence-corrected chi connectivity index (χ2v) is 7.23. The van der Waals surface area contributed by atoms with Crippen LogP contribution in [0.2, 0.25) is 0 Å². The molecule has 0 unspecified atom stereocenters. The van der Waals surface area contributed by atoms with Crippen LogP contribution in [0.25, 0.3) is 6.08 Å². The summed E-state index contributed by atoms with van der Waals surface area (Å²) in [5.41, 5.74) is 0.903. The molecule has 0 bridgehead atoms. The molecule has 25 heavy (non-hydrogen) atoms. The SMILES string of the molecule is CCCOc1ccc(/C=C2/SC(=NC3CCCC3)NC2=O)cc1OC. The number of methoxy groups -OCH3 is 1. The van der Waals surface area contributed by atoms with Crippen molar-refractivity contribution < 1.29 is 14.3 Å². The summed E-state index contributed by atoms with van der Waals surface area (Å²) >= 11 is 1.41. The Balaban J connectivity index is 1.74. The monoisotopic (exact) mass is 360 g/mol. The summed E-state index contributed by atoms with van der Waals surface area (Å²) in [5.74, 6) is 1.30. The standard InChI is InChI=1S/C19H24N2O3S/c1-3-10-24-15-9-8-13(11-16(15)23-2)12-17-18(22)21-19(25-17)20-14-6-4-5-7-14/h8-9,11-12,14H,3-7,10H2,1-2H3,(H,20,21,22)/b17-12+. The molecule has 1 aromatic rings. The van der Waals surface area contributed by atoms with E-state index >= 15 is 0 Å². The van der Waals surface area contributed by atoms with Gasteiger partial charge in [0.05, 0.1) is 24.7 Å². The third-order valence-electron chi connectivity index (χ3n) is 4.22. The number of amidine groups is 1. The van der Waals surface area contributed by atoms with Crippen molar-refractivity contribution in [2.45, 2.75) is 45.1 Å². The van der Waals surface area contributed by atoms with E-state index < -0.39 is 0 Å². The highest BCUT2D eigenvalue weighted by atomic mass is 32.2. The molecule has 2 fully saturated rings. The molecule has 0 radical (unpaired) electrons. The van der Waals surface area contributed by atoms with Crippen LogP contribution in [-0.2, 0) is 4.79 Å². The van der Waals surface area contributed by atoms with Crippen LogP contribution in [0.5, 0.6) is 11.5 Å². The van der Waals surface area contributed by atoms with E-state index in [2.05, 4.69) is 17.2 Å². The van der Waals surface area contributed by atoms with E-state index in [1.165, 1.54) is 24.6 Å². The van der Waals surface area contributed by atoms with E-state index in [1.807, 2.05) is 24.3 Å². The van der Waals surface area contributed by atoms with Crippen LogP contribution in [0, 0.1) is 0 Å². The highest BCUT2D eigenvalue weighted by molar-refractivity contribution is 8.18. The molecule has 1 saturated heterocycles. The number of aliphatic imine (C=N–C) groups is 1. The molecule has 6 heteroatoms. The average Bonchev–Trinajstić information content (AvgIpc) is 3.24. The molecule has 0 spiro atoms. The van der Waals surface area contributed by atoms with Gasteiger partial charge in [-0.05, 0) is 54.8 Å². The van der Waals surface area contributed by atoms with Crippen molar-refractivity contribution in [2.75, 3.05) is 13.7 Å². The first-order chi connectivity index (χ1) is 12.2. The quantitative estimate of drug-likeness (QED) is 0.780. The first kappa shape index (κ1) is 17.9. The number of benzene rings is 1. The van der Waals surface area contributed by atoms with Gasteiger partial charge in [0.15, 0.2) is 16.7 Å². The van der Waals surface area contributed by atoms with Gasteiger partial charge in [0.25, 0.3) is 5.91 Å². The third kappa shape index (κ3) is 4.57. The number of amides is 1. The molecule has 1 amide bonds. The van der Waals surface area contributed by atoms with E-state index in [-0.39, 0.29) is 5.91 Å². The number of hydrogen-bond acceptors (Lipinski definition) is 5. The van der Waals surface area contributed by atoms with Gasteiger partial charge in [-0.25, -0.2) is 0 Å². The van der Waals surface area contributed by atoms with Crippen LogP contribution in [0.3, 0.4) is 0 Å². The van der Waals surface area contributed by atoms with E-state index in [0.717, 1.165) is 35.7 Å². The van der Waals surface area contributed by atoms with Gasteiger partial charge in [-0.15, -0.1) is 0 Å². The lowest BCUT2D eigenvalue weighted by Gasteiger charge is -2.10. The van der Waals surface area contributed by atoms with E-state index in [1.54, 1.807) is 7.11 Å². The molecule has 2 aliphatic rings. The summed E-state index contributed by atoms with van der Waals surface area (Å²) in [5, 5.41) is 3.59. The molecule has 1 N–H and O–H groups in total. The first-order valence-electron chi connectivity index (χ1n) is 8.79. The zero-order chi connectivity index (χ0) is 17.6. The molecule has 5 nitrogen and oxygen atoms in total. The van der Waals surface area contributed by atoms with Crippen molar-refractivity contribution in [3.05, 3.63) is 28.7 Å². The molecule has 134 valence electrons. The number of hydrogen-bond donors (Lipinski definition) is 1. The van der Waals surface area contributed by atoms with Crippen molar-refractivity contribution in [1.82, 2.24) is 5.32 Å². The maximum absolute atomic E-state index is 12.2. The Hall–Kier alpha value is -1.95. The van der Waals surface area contributed by atoms with E-state index in [0.29, 0.717) is 23.3 Å². The number of nitrogens with one attached hydrogen (secondary N) is 1. The summed E-state index contributed by atoms with van der Waals surface area (Å²) in [4.78, 5) is 17.5. The molecule has 1 aliphatic heterocycles. The molecular formula is C19H24N2O3S. The van der Waals surface area contributed by atoms with E-state index in [9.17, 15) is 4.79 Å². The van der Waals surface area contributed by atoms with Crippen LogP contribution >= 0.6 is 11.8 Å². The lowest BCUT2D eigenvalue weighted by atomic mass is 10.2. The minimum absolute atomic E-state index is 0.0907. The molecular weight excluding hydrogens is 336 g/mol. The number of carbonyl (C=O) groups is 1. The Bertz CT molecular complexity index is 694. The van der Waals surface area contributed by atoms with Gasteiger partial charge in [0.2, 0.25) is 0 Å². The minimum Gasteiger partial charge on any atom is -0.493 e. The van der Waals surface area contributed by atoms with Crippen LogP contribution < -0.4 is 14.8 Å². The summed E-state index contributed by atoms with van der Waals surface area (Å²) in [6.07, 6.45) is 7.51. The molecule has 0 aromatic heterocycles. The zero-order valence-corrected chi connectivity index (χ0v) is 15.5. The van der Waals surface area contributed by atoms with Gasteiger partial charge >= 0.3 is 0 Å². The van der Waals surface area contributed by atoms with Gasteiger partial charge in [0.1, 0.15) is 0 Å². The Kier molecular flexibility index (Phi) is 6.02. The summed E-state index contributed by atoms with van der Waals surface area (Å²) in [6.45, 7) is 2.71. The molecule has 3 rings (SSSR count). The number of carbonyl (C=O) groups excluding carboxylic acids is 1. The average molecular weight is 360 g/mol. The maximum atomic E-state index is 12.2. The van der Waals surface area contributed by atoms with Crippen molar-refractivity contribution in [2.24, 2.45) is 4.99 Å². The second-order valence-electron chi connectivity index (χ2n) is 6.20. The van der Waals surface area contributed by atoms with Crippen molar-refractivity contribution >= 4 is 28.9 Å². The van der Waals surface area contributed by atoms with Crippen LogP contribution in [0.15, 0.2) is 28.1 Å². The second kappa shape index (κ2) is 8.43. The van der Waals surface area contributed by atoms with E-state index in [4.69, 9.17) is 9.47 Å². The zero-order valence-electron chi connectivity index (χ0n) is 14.7. The van der Waals surface area contributed by atoms with Crippen LogP contribution in [0.1, 0.15) is 44.6 Å². The Morgan fingerprint density at radius 3 is 2.84 bits per heavy atom. The third-order valence-corrected chi connectivity index (χ3v) is 5.15. The number of rotatable bonds is 6. The van der Waals surface area contributed by atoms with Gasteiger partial charge in [0, 0.05) is 0 Å². The van der Waals surface area contributed by atoms with Gasteiger partial charge < -0.3 is 14.8 Å². The van der Waals surface area contributed by atoms with Gasteiger partial charge in [-0.1, -0.05) is 25.8 Å². The maximum Gasteiger partial charge on any atom is 0.264 e. The fourth-order valence-corrected chi connectivity index (χ4v) is 3.84. The fraction of sp³-hybridized carbons (Fsp3) is 0.474. The van der Waals surface area contributed by atoms with Crippen molar-refractivity contribution in [3.8, 4) is 11.5 Å². The van der Waals surface area contributed by atoms with Gasteiger partial charge in [-0.2, -0.15) is 0 Å².